The van der Waals surface area contributed by atoms with Crippen molar-refractivity contribution in [1.29, 1.82) is 0 Å². The number of urea groups is 1. The van der Waals surface area contributed by atoms with Crippen molar-refractivity contribution in [2.24, 2.45) is 0 Å². The van der Waals surface area contributed by atoms with Crippen molar-refractivity contribution >= 4 is 11.9 Å². The second kappa shape index (κ2) is 7.11. The zero-order valence-corrected chi connectivity index (χ0v) is 10.6. The Morgan fingerprint density at radius 3 is 2.53 bits per heavy atom. The minimum absolute atomic E-state index is 0.0313. The Bertz CT molecular complexity index is 262. The van der Waals surface area contributed by atoms with Crippen molar-refractivity contribution < 1.29 is 9.59 Å². The Balaban J connectivity index is 2.09. The van der Waals surface area contributed by atoms with E-state index in [0.717, 1.165) is 25.8 Å². The van der Waals surface area contributed by atoms with Gasteiger partial charge in [-0.25, -0.2) is 4.79 Å². The van der Waals surface area contributed by atoms with Crippen LogP contribution in [0.2, 0.25) is 0 Å². The number of amides is 3. The van der Waals surface area contributed by atoms with Crippen LogP contribution in [0.3, 0.4) is 0 Å². The molecule has 0 bridgehead atoms. The molecule has 0 saturated carbocycles. The molecule has 1 aliphatic rings. The molecule has 0 aromatic rings. The summed E-state index contributed by atoms with van der Waals surface area (Å²) in [7, 11) is 3.36. The number of nitrogens with zero attached hydrogens (tertiary/aromatic N) is 1. The highest BCUT2D eigenvalue weighted by molar-refractivity contribution is 5.81. The summed E-state index contributed by atoms with van der Waals surface area (Å²) in [5.41, 5.74) is 0. The van der Waals surface area contributed by atoms with E-state index in [9.17, 15) is 9.59 Å². The Hall–Kier alpha value is -1.30. The zero-order chi connectivity index (χ0) is 12.7. The number of hydrogen-bond acceptors (Lipinski definition) is 3. The highest BCUT2D eigenvalue weighted by atomic mass is 16.2. The van der Waals surface area contributed by atoms with E-state index in [2.05, 4.69) is 16.0 Å². The minimum Gasteiger partial charge on any atom is -0.353 e. The van der Waals surface area contributed by atoms with Gasteiger partial charge < -0.3 is 20.9 Å². The molecule has 0 aromatic carbocycles. The predicted molar refractivity (Wildman–Crippen MR) is 65.7 cm³/mol. The molecule has 6 nitrogen and oxygen atoms in total. The molecule has 1 fully saturated rings. The van der Waals surface area contributed by atoms with Crippen LogP contribution in [0.5, 0.6) is 0 Å². The number of carbonyl (C=O) groups is 2. The first-order valence-corrected chi connectivity index (χ1v) is 6.07. The minimum atomic E-state index is -0.143. The van der Waals surface area contributed by atoms with E-state index in [1.165, 1.54) is 4.90 Å². The summed E-state index contributed by atoms with van der Waals surface area (Å²) in [5, 5.41) is 8.68. The first-order valence-electron chi connectivity index (χ1n) is 6.07. The second-order valence-electron chi connectivity index (χ2n) is 4.42. The molecular formula is C11H22N4O2. The predicted octanol–water partition coefficient (Wildman–Crippen LogP) is -0.484. The van der Waals surface area contributed by atoms with Gasteiger partial charge >= 0.3 is 6.03 Å². The molecule has 1 heterocycles. The van der Waals surface area contributed by atoms with Gasteiger partial charge in [0.2, 0.25) is 5.91 Å². The topological polar surface area (TPSA) is 73.5 Å². The standard InChI is InChI=1S/C11H22N4O2/c1-15(2)11(17)14-8-7-13-10(16)9-5-3-4-6-12-9/h9,12H,3-8H2,1-2H3,(H,13,16)(H,14,17)/t9-/m0/s1. The average molecular weight is 242 g/mol. The van der Waals surface area contributed by atoms with Gasteiger partial charge in [0.15, 0.2) is 0 Å². The Kier molecular flexibility index (Phi) is 5.76. The fraction of sp³-hybridized carbons (Fsp3) is 0.818. The van der Waals surface area contributed by atoms with Crippen LogP contribution in [0.1, 0.15) is 19.3 Å². The second-order valence-corrected chi connectivity index (χ2v) is 4.42. The lowest BCUT2D eigenvalue weighted by molar-refractivity contribution is -0.123. The van der Waals surface area contributed by atoms with Gasteiger partial charge in [-0.3, -0.25) is 4.79 Å². The lowest BCUT2D eigenvalue weighted by atomic mass is 10.0. The van der Waals surface area contributed by atoms with Gasteiger partial charge in [0.1, 0.15) is 0 Å². The molecule has 17 heavy (non-hydrogen) atoms. The molecule has 0 spiro atoms. The van der Waals surface area contributed by atoms with Crippen molar-refractivity contribution in [3.63, 3.8) is 0 Å². The van der Waals surface area contributed by atoms with Crippen LogP contribution in [0.25, 0.3) is 0 Å². The molecule has 1 atom stereocenters. The van der Waals surface area contributed by atoms with E-state index in [0.29, 0.717) is 13.1 Å². The summed E-state index contributed by atoms with van der Waals surface area (Å²) in [4.78, 5) is 24.3. The fourth-order valence-corrected chi connectivity index (χ4v) is 1.71. The molecule has 3 amide bonds. The van der Waals surface area contributed by atoms with Gasteiger partial charge in [-0.05, 0) is 19.4 Å². The van der Waals surface area contributed by atoms with Crippen LogP contribution in [0, 0.1) is 0 Å². The summed E-state index contributed by atoms with van der Waals surface area (Å²) in [6.07, 6.45) is 3.14. The van der Waals surface area contributed by atoms with Crippen LogP contribution >= 0.6 is 0 Å². The van der Waals surface area contributed by atoms with Gasteiger partial charge in [-0.15, -0.1) is 0 Å². The van der Waals surface area contributed by atoms with Crippen LogP contribution in [-0.4, -0.2) is 56.6 Å². The first-order chi connectivity index (χ1) is 8.11. The summed E-state index contributed by atoms with van der Waals surface area (Å²) in [5.74, 6) is 0.0313. The maximum Gasteiger partial charge on any atom is 0.316 e. The molecule has 98 valence electrons. The van der Waals surface area contributed by atoms with Crippen molar-refractivity contribution in [2.75, 3.05) is 33.7 Å². The molecule has 6 heteroatoms. The van der Waals surface area contributed by atoms with Crippen LogP contribution in [0.15, 0.2) is 0 Å². The molecule has 3 N–H and O–H groups in total. The fourth-order valence-electron chi connectivity index (χ4n) is 1.71. The summed E-state index contributed by atoms with van der Waals surface area (Å²) in [6, 6.07) is -0.205. The quantitative estimate of drug-likeness (QED) is 0.583. The number of rotatable bonds is 4. The van der Waals surface area contributed by atoms with Crippen molar-refractivity contribution in [3.05, 3.63) is 0 Å². The van der Waals surface area contributed by atoms with E-state index in [1.807, 2.05) is 0 Å². The maximum atomic E-state index is 11.7. The summed E-state index contributed by atoms with van der Waals surface area (Å²) in [6.45, 7) is 1.83. The SMILES string of the molecule is CN(C)C(=O)NCCNC(=O)[C@@H]1CCCCN1. The van der Waals surface area contributed by atoms with E-state index in [1.54, 1.807) is 14.1 Å². The average Bonchev–Trinajstić information content (AvgIpc) is 2.35. The Morgan fingerprint density at radius 2 is 1.94 bits per heavy atom. The van der Waals surface area contributed by atoms with Crippen molar-refractivity contribution in [3.8, 4) is 0 Å². The molecular weight excluding hydrogens is 220 g/mol. The lowest BCUT2D eigenvalue weighted by Crippen LogP contribution is -2.48. The molecule has 0 radical (unpaired) electrons. The number of nitrogens with one attached hydrogen (secondary N) is 3. The highest BCUT2D eigenvalue weighted by Gasteiger charge is 2.19. The van der Waals surface area contributed by atoms with Crippen molar-refractivity contribution in [1.82, 2.24) is 20.9 Å². The van der Waals surface area contributed by atoms with Gasteiger partial charge in [0.05, 0.1) is 6.04 Å². The lowest BCUT2D eigenvalue weighted by Gasteiger charge is -2.22. The highest BCUT2D eigenvalue weighted by Crippen LogP contribution is 2.06. The number of hydrogen-bond donors (Lipinski definition) is 3. The van der Waals surface area contributed by atoms with Gasteiger partial charge in [-0.2, -0.15) is 0 Å². The van der Waals surface area contributed by atoms with Gasteiger partial charge in [0, 0.05) is 27.2 Å². The van der Waals surface area contributed by atoms with E-state index >= 15 is 0 Å². The molecule has 0 aromatic heterocycles. The maximum absolute atomic E-state index is 11.7. The third-order valence-electron chi connectivity index (χ3n) is 2.73. The van der Waals surface area contributed by atoms with Crippen molar-refractivity contribution in [2.45, 2.75) is 25.3 Å². The monoisotopic (exact) mass is 242 g/mol. The van der Waals surface area contributed by atoms with Crippen LogP contribution < -0.4 is 16.0 Å². The summed E-state index contributed by atoms with van der Waals surface area (Å²) < 4.78 is 0. The Morgan fingerprint density at radius 1 is 1.24 bits per heavy atom. The third kappa shape index (κ3) is 5.04. The Labute approximate surface area is 102 Å². The number of carbonyl (C=O) groups excluding carboxylic acids is 2. The number of piperidine rings is 1. The smallest absolute Gasteiger partial charge is 0.316 e. The van der Waals surface area contributed by atoms with E-state index in [4.69, 9.17) is 0 Å². The molecule has 1 rings (SSSR count). The molecule has 1 aliphatic heterocycles. The van der Waals surface area contributed by atoms with Gasteiger partial charge in [0.25, 0.3) is 0 Å². The third-order valence-corrected chi connectivity index (χ3v) is 2.73. The first kappa shape index (κ1) is 13.8. The molecule has 1 saturated heterocycles. The van der Waals surface area contributed by atoms with E-state index in [-0.39, 0.29) is 18.0 Å². The largest absolute Gasteiger partial charge is 0.353 e. The summed E-state index contributed by atoms with van der Waals surface area (Å²) >= 11 is 0. The van der Waals surface area contributed by atoms with Crippen LogP contribution in [-0.2, 0) is 4.79 Å². The van der Waals surface area contributed by atoms with E-state index < -0.39 is 0 Å². The zero-order valence-electron chi connectivity index (χ0n) is 10.6. The molecule has 0 unspecified atom stereocenters. The van der Waals surface area contributed by atoms with Gasteiger partial charge in [-0.1, -0.05) is 6.42 Å². The normalized spacial score (nSPS) is 19.5. The molecule has 0 aliphatic carbocycles. The van der Waals surface area contributed by atoms with Crippen LogP contribution in [0.4, 0.5) is 4.79 Å².